The van der Waals surface area contributed by atoms with E-state index in [-0.39, 0.29) is 5.78 Å². The average Bonchev–Trinajstić information content (AvgIpc) is 2.50. The van der Waals surface area contributed by atoms with Gasteiger partial charge >= 0.3 is 0 Å². The molecule has 3 heteroatoms. The first kappa shape index (κ1) is 15.4. The van der Waals surface area contributed by atoms with E-state index in [2.05, 4.69) is 5.32 Å². The molecule has 0 aromatic heterocycles. The highest BCUT2D eigenvalue weighted by atomic mass is 16.2. The van der Waals surface area contributed by atoms with Crippen LogP contribution in [0.1, 0.15) is 30.6 Å². The van der Waals surface area contributed by atoms with Gasteiger partial charge in [-0.25, -0.2) is 0 Å². The summed E-state index contributed by atoms with van der Waals surface area (Å²) in [5.74, 6) is -0.418. The number of benzene rings is 2. The summed E-state index contributed by atoms with van der Waals surface area (Å²) in [5.41, 5.74) is 0.461. The van der Waals surface area contributed by atoms with Gasteiger partial charge in [-0.15, -0.1) is 0 Å². The minimum Gasteiger partial charge on any atom is -0.310 e. The Labute approximate surface area is 125 Å². The van der Waals surface area contributed by atoms with Crippen LogP contribution >= 0.6 is 0 Å². The maximum absolute atomic E-state index is 12.4. The molecule has 0 heterocycles. The minimum atomic E-state index is -0.416. The van der Waals surface area contributed by atoms with Crippen LogP contribution in [0, 0.1) is 5.92 Å². The van der Waals surface area contributed by atoms with E-state index < -0.39 is 11.8 Å². The first-order chi connectivity index (χ1) is 10.0. The second-order valence-electron chi connectivity index (χ2n) is 5.73. The summed E-state index contributed by atoms with van der Waals surface area (Å²) in [7, 11) is 1.72. The zero-order valence-electron chi connectivity index (χ0n) is 12.7. The Balaban J connectivity index is 2.26. The second kappa shape index (κ2) is 6.64. The molecule has 0 bridgehead atoms. The van der Waals surface area contributed by atoms with E-state index >= 15 is 0 Å². The summed E-state index contributed by atoms with van der Waals surface area (Å²) in [6, 6.07) is 12.8. The van der Waals surface area contributed by atoms with Crippen LogP contribution in [0.25, 0.3) is 10.8 Å². The van der Waals surface area contributed by atoms with Crippen molar-refractivity contribution in [3.8, 4) is 0 Å². The van der Waals surface area contributed by atoms with Gasteiger partial charge in [0.15, 0.2) is 0 Å². The van der Waals surface area contributed by atoms with E-state index in [1.54, 1.807) is 19.2 Å². The second-order valence-corrected chi connectivity index (χ2v) is 5.73. The third kappa shape index (κ3) is 3.56. The molecule has 0 radical (unpaired) electrons. The maximum atomic E-state index is 12.4. The standard InChI is InChI=1S/C18H21NO2/c1-12(2)10-16(19-3)18(21)17(20)15-9-8-13-6-4-5-7-14(13)11-15/h4-9,11-12,16,19H,10H2,1-3H3/t16-/m0/s1. The van der Waals surface area contributed by atoms with Gasteiger partial charge in [0.05, 0.1) is 6.04 Å². The number of Topliss-reactive ketones (excluding diaryl/α,β-unsaturated/α-hetero) is 2. The van der Waals surface area contributed by atoms with Gasteiger partial charge in [0.25, 0.3) is 0 Å². The number of hydrogen-bond acceptors (Lipinski definition) is 3. The molecular formula is C18H21NO2. The number of likely N-dealkylation sites (N-methyl/N-ethyl adjacent to an activating group) is 1. The van der Waals surface area contributed by atoms with Gasteiger partial charge in [-0.3, -0.25) is 9.59 Å². The lowest BCUT2D eigenvalue weighted by Gasteiger charge is -2.16. The Morgan fingerprint density at radius 1 is 1.05 bits per heavy atom. The summed E-state index contributed by atoms with van der Waals surface area (Å²) < 4.78 is 0. The molecule has 0 aliphatic carbocycles. The highest BCUT2D eigenvalue weighted by Crippen LogP contribution is 2.17. The van der Waals surface area contributed by atoms with Gasteiger partial charge in [-0.05, 0) is 36.2 Å². The molecule has 110 valence electrons. The first-order valence-corrected chi connectivity index (χ1v) is 7.27. The van der Waals surface area contributed by atoms with Gasteiger partial charge in [0, 0.05) is 5.56 Å². The molecule has 0 unspecified atom stereocenters. The van der Waals surface area contributed by atoms with Crippen LogP contribution in [0.5, 0.6) is 0 Å². The van der Waals surface area contributed by atoms with Gasteiger partial charge in [0.2, 0.25) is 11.6 Å². The normalized spacial score (nSPS) is 12.6. The van der Waals surface area contributed by atoms with Crippen molar-refractivity contribution in [2.24, 2.45) is 5.92 Å². The fourth-order valence-electron chi connectivity index (χ4n) is 2.46. The molecule has 1 atom stereocenters. The molecule has 0 amide bonds. The number of ketones is 2. The van der Waals surface area contributed by atoms with E-state index in [0.29, 0.717) is 17.9 Å². The third-order valence-corrected chi connectivity index (χ3v) is 3.61. The Kier molecular flexibility index (Phi) is 4.86. The van der Waals surface area contributed by atoms with Crippen molar-refractivity contribution in [3.63, 3.8) is 0 Å². The highest BCUT2D eigenvalue weighted by molar-refractivity contribution is 6.45. The van der Waals surface area contributed by atoms with Crippen molar-refractivity contribution in [1.29, 1.82) is 0 Å². The van der Waals surface area contributed by atoms with E-state index in [0.717, 1.165) is 10.8 Å². The lowest BCUT2D eigenvalue weighted by Crippen LogP contribution is -2.39. The van der Waals surface area contributed by atoms with Gasteiger partial charge in [-0.1, -0.05) is 50.2 Å². The number of hydrogen-bond donors (Lipinski definition) is 1. The summed E-state index contributed by atoms with van der Waals surface area (Å²) >= 11 is 0. The minimum absolute atomic E-state index is 0.357. The molecule has 0 aliphatic rings. The number of carbonyl (C=O) groups is 2. The van der Waals surface area contributed by atoms with Crippen LogP contribution < -0.4 is 5.32 Å². The third-order valence-electron chi connectivity index (χ3n) is 3.61. The zero-order valence-corrected chi connectivity index (χ0v) is 12.7. The van der Waals surface area contributed by atoms with Crippen LogP contribution in [-0.2, 0) is 4.79 Å². The Hall–Kier alpha value is -2.00. The van der Waals surface area contributed by atoms with Crippen molar-refractivity contribution in [2.75, 3.05) is 7.05 Å². The van der Waals surface area contributed by atoms with Crippen molar-refractivity contribution >= 4 is 22.3 Å². The molecule has 3 nitrogen and oxygen atoms in total. The largest absolute Gasteiger partial charge is 0.310 e. The van der Waals surface area contributed by atoms with Crippen molar-refractivity contribution in [2.45, 2.75) is 26.3 Å². The molecule has 2 rings (SSSR count). The van der Waals surface area contributed by atoms with E-state index in [9.17, 15) is 9.59 Å². The van der Waals surface area contributed by atoms with Crippen molar-refractivity contribution < 1.29 is 9.59 Å². The average molecular weight is 283 g/mol. The molecule has 1 N–H and O–H groups in total. The predicted molar refractivity (Wildman–Crippen MR) is 85.6 cm³/mol. The molecule has 0 spiro atoms. The van der Waals surface area contributed by atoms with Gasteiger partial charge in [0.1, 0.15) is 0 Å². The summed E-state index contributed by atoms with van der Waals surface area (Å²) in [5, 5.41) is 4.99. The van der Waals surface area contributed by atoms with Crippen LogP contribution in [0.2, 0.25) is 0 Å². The monoisotopic (exact) mass is 283 g/mol. The molecule has 0 saturated carbocycles. The number of carbonyl (C=O) groups excluding carboxylic acids is 2. The Bertz CT molecular complexity index is 661. The number of fused-ring (bicyclic) bond motifs is 1. The van der Waals surface area contributed by atoms with Crippen LogP contribution in [0.4, 0.5) is 0 Å². The summed E-state index contributed by atoms with van der Waals surface area (Å²) in [6.45, 7) is 4.08. The molecule has 2 aromatic carbocycles. The molecule has 2 aromatic rings. The molecule has 0 fully saturated rings. The van der Waals surface area contributed by atoms with Crippen LogP contribution in [0.15, 0.2) is 42.5 Å². The number of rotatable bonds is 6. The Morgan fingerprint density at radius 3 is 2.33 bits per heavy atom. The van der Waals surface area contributed by atoms with E-state index in [1.807, 2.05) is 44.2 Å². The molecule has 0 saturated heterocycles. The molecule has 21 heavy (non-hydrogen) atoms. The fraction of sp³-hybridized carbons (Fsp3) is 0.333. The smallest absolute Gasteiger partial charge is 0.230 e. The fourth-order valence-corrected chi connectivity index (χ4v) is 2.46. The lowest BCUT2D eigenvalue weighted by atomic mass is 9.94. The SMILES string of the molecule is CN[C@@H](CC(C)C)C(=O)C(=O)c1ccc2ccccc2c1. The quantitative estimate of drug-likeness (QED) is 0.654. The van der Waals surface area contributed by atoms with E-state index in [1.165, 1.54) is 0 Å². The molecular weight excluding hydrogens is 262 g/mol. The summed E-state index contributed by atoms with van der Waals surface area (Å²) in [4.78, 5) is 24.7. The zero-order chi connectivity index (χ0) is 15.4. The first-order valence-electron chi connectivity index (χ1n) is 7.27. The van der Waals surface area contributed by atoms with Gasteiger partial charge < -0.3 is 5.32 Å². The topological polar surface area (TPSA) is 46.2 Å². The number of nitrogens with one attached hydrogen (secondary N) is 1. The summed E-state index contributed by atoms with van der Waals surface area (Å²) in [6.07, 6.45) is 0.661. The van der Waals surface area contributed by atoms with Gasteiger partial charge in [-0.2, -0.15) is 0 Å². The maximum Gasteiger partial charge on any atom is 0.230 e. The predicted octanol–water partition coefficient (Wildman–Crippen LogP) is 3.23. The van der Waals surface area contributed by atoms with Crippen LogP contribution in [0.3, 0.4) is 0 Å². The van der Waals surface area contributed by atoms with Crippen LogP contribution in [-0.4, -0.2) is 24.7 Å². The van der Waals surface area contributed by atoms with Crippen molar-refractivity contribution in [1.82, 2.24) is 5.32 Å². The molecule has 0 aliphatic heterocycles. The lowest BCUT2D eigenvalue weighted by molar-refractivity contribution is -0.117. The van der Waals surface area contributed by atoms with Crippen molar-refractivity contribution in [3.05, 3.63) is 48.0 Å². The highest BCUT2D eigenvalue weighted by Gasteiger charge is 2.25. The Morgan fingerprint density at radius 2 is 1.71 bits per heavy atom. The van der Waals surface area contributed by atoms with E-state index in [4.69, 9.17) is 0 Å².